The second kappa shape index (κ2) is 6.07. The van der Waals surface area contributed by atoms with Gasteiger partial charge < -0.3 is 14.3 Å². The van der Waals surface area contributed by atoms with Crippen LogP contribution in [0.3, 0.4) is 0 Å². The molecular formula is C14H15BrO3. The van der Waals surface area contributed by atoms with Gasteiger partial charge in [-0.15, -0.1) is 0 Å². The average molecular weight is 311 g/mol. The zero-order chi connectivity index (χ0) is 13.0. The Morgan fingerprint density at radius 3 is 2.83 bits per heavy atom. The third kappa shape index (κ3) is 2.94. The van der Waals surface area contributed by atoms with Gasteiger partial charge in [-0.2, -0.15) is 0 Å². The van der Waals surface area contributed by atoms with Gasteiger partial charge in [0.25, 0.3) is 0 Å². The first-order valence-corrected chi connectivity index (χ1v) is 6.65. The third-order valence-corrected chi connectivity index (χ3v) is 3.17. The molecule has 1 aromatic carbocycles. The quantitative estimate of drug-likeness (QED) is 0.910. The van der Waals surface area contributed by atoms with Crippen molar-refractivity contribution in [3.8, 4) is 5.75 Å². The Morgan fingerprint density at radius 2 is 2.22 bits per heavy atom. The molecule has 0 amide bonds. The minimum absolute atomic E-state index is 0.532. The zero-order valence-electron chi connectivity index (χ0n) is 10.1. The molecular weight excluding hydrogens is 296 g/mol. The minimum atomic E-state index is -0.753. The molecule has 1 heterocycles. The van der Waals surface area contributed by atoms with Crippen LogP contribution >= 0.6 is 15.9 Å². The summed E-state index contributed by atoms with van der Waals surface area (Å²) in [6.45, 7) is 2.74. The Morgan fingerprint density at radius 1 is 1.39 bits per heavy atom. The van der Waals surface area contributed by atoms with E-state index in [9.17, 15) is 5.11 Å². The van der Waals surface area contributed by atoms with Crippen molar-refractivity contribution in [2.45, 2.75) is 19.4 Å². The van der Waals surface area contributed by atoms with E-state index in [0.717, 1.165) is 22.2 Å². The maximum Gasteiger partial charge on any atom is 0.137 e. The van der Waals surface area contributed by atoms with E-state index in [1.807, 2.05) is 18.2 Å². The van der Waals surface area contributed by atoms with Crippen LogP contribution in [0.15, 0.2) is 45.5 Å². The summed E-state index contributed by atoms with van der Waals surface area (Å²) in [5, 5.41) is 10.1. The number of rotatable bonds is 5. The lowest BCUT2D eigenvalue weighted by molar-refractivity contribution is 0.189. The van der Waals surface area contributed by atoms with Crippen LogP contribution in [-0.2, 0) is 0 Å². The minimum Gasteiger partial charge on any atom is -0.492 e. The number of benzene rings is 1. The maximum atomic E-state index is 10.1. The van der Waals surface area contributed by atoms with Gasteiger partial charge in [-0.25, -0.2) is 0 Å². The van der Waals surface area contributed by atoms with Crippen molar-refractivity contribution in [2.75, 3.05) is 6.61 Å². The first-order chi connectivity index (χ1) is 8.72. The topological polar surface area (TPSA) is 42.6 Å². The van der Waals surface area contributed by atoms with Gasteiger partial charge in [0.05, 0.1) is 17.3 Å². The van der Waals surface area contributed by atoms with E-state index in [1.165, 1.54) is 0 Å². The molecule has 4 heteroatoms. The third-order valence-electron chi connectivity index (χ3n) is 2.55. The lowest BCUT2D eigenvalue weighted by Crippen LogP contribution is -2.00. The molecule has 0 radical (unpaired) electrons. The van der Waals surface area contributed by atoms with E-state index < -0.39 is 6.10 Å². The predicted octanol–water partition coefficient (Wildman–Crippen LogP) is 3.91. The number of furan rings is 1. The Kier molecular flexibility index (Phi) is 4.44. The highest BCUT2D eigenvalue weighted by molar-refractivity contribution is 9.10. The second-order valence-corrected chi connectivity index (χ2v) is 4.81. The SMILES string of the molecule is CCCOc1ccc(C(O)c2ccco2)cc1Br. The van der Waals surface area contributed by atoms with Gasteiger partial charge in [-0.1, -0.05) is 13.0 Å². The van der Waals surface area contributed by atoms with Crippen LogP contribution < -0.4 is 4.74 Å². The summed E-state index contributed by atoms with van der Waals surface area (Å²) in [5.41, 5.74) is 0.765. The molecule has 0 bridgehead atoms. The monoisotopic (exact) mass is 310 g/mol. The van der Waals surface area contributed by atoms with Gasteiger partial charge in [0.2, 0.25) is 0 Å². The fourth-order valence-electron chi connectivity index (χ4n) is 1.63. The molecule has 1 unspecified atom stereocenters. The smallest absolute Gasteiger partial charge is 0.137 e. The highest BCUT2D eigenvalue weighted by atomic mass is 79.9. The van der Waals surface area contributed by atoms with Gasteiger partial charge in [-0.3, -0.25) is 0 Å². The number of ether oxygens (including phenoxy) is 1. The number of hydrogen-bond donors (Lipinski definition) is 1. The first kappa shape index (κ1) is 13.2. The molecule has 2 rings (SSSR count). The van der Waals surface area contributed by atoms with E-state index in [2.05, 4.69) is 22.9 Å². The van der Waals surface area contributed by atoms with E-state index in [-0.39, 0.29) is 0 Å². The second-order valence-electron chi connectivity index (χ2n) is 3.96. The Hall–Kier alpha value is -1.26. The number of aliphatic hydroxyl groups excluding tert-OH is 1. The van der Waals surface area contributed by atoms with Gasteiger partial charge in [0.1, 0.15) is 17.6 Å². The summed E-state index contributed by atoms with van der Waals surface area (Å²) in [4.78, 5) is 0. The van der Waals surface area contributed by atoms with Crippen LogP contribution in [0, 0.1) is 0 Å². The van der Waals surface area contributed by atoms with Crippen LogP contribution in [0.1, 0.15) is 30.8 Å². The van der Waals surface area contributed by atoms with Crippen molar-refractivity contribution in [1.29, 1.82) is 0 Å². The van der Waals surface area contributed by atoms with Gasteiger partial charge in [-0.05, 0) is 52.2 Å². The molecule has 18 heavy (non-hydrogen) atoms. The van der Waals surface area contributed by atoms with Crippen LogP contribution in [0.25, 0.3) is 0 Å². The number of halogens is 1. The van der Waals surface area contributed by atoms with Crippen LogP contribution in [0.4, 0.5) is 0 Å². The predicted molar refractivity (Wildman–Crippen MR) is 72.7 cm³/mol. The zero-order valence-corrected chi connectivity index (χ0v) is 11.7. The van der Waals surface area contributed by atoms with Crippen molar-refractivity contribution < 1.29 is 14.3 Å². The van der Waals surface area contributed by atoms with Crippen molar-refractivity contribution in [3.63, 3.8) is 0 Å². The highest BCUT2D eigenvalue weighted by Gasteiger charge is 2.14. The van der Waals surface area contributed by atoms with E-state index in [4.69, 9.17) is 9.15 Å². The van der Waals surface area contributed by atoms with Gasteiger partial charge in [0, 0.05) is 0 Å². The summed E-state index contributed by atoms with van der Waals surface area (Å²) in [5.74, 6) is 1.32. The molecule has 0 fully saturated rings. The molecule has 0 saturated heterocycles. The Labute approximate surface area is 115 Å². The van der Waals surface area contributed by atoms with Gasteiger partial charge in [0.15, 0.2) is 0 Å². The van der Waals surface area contributed by atoms with E-state index >= 15 is 0 Å². The molecule has 0 saturated carbocycles. The molecule has 0 aliphatic rings. The van der Waals surface area contributed by atoms with E-state index in [1.54, 1.807) is 18.4 Å². The lowest BCUT2D eigenvalue weighted by atomic mass is 10.1. The Balaban J connectivity index is 2.18. The first-order valence-electron chi connectivity index (χ1n) is 5.86. The van der Waals surface area contributed by atoms with Crippen LogP contribution in [-0.4, -0.2) is 11.7 Å². The standard InChI is InChI=1S/C14H15BrO3/c1-2-7-17-12-6-5-10(9-11(12)15)14(16)13-4-3-8-18-13/h3-6,8-9,14,16H,2,7H2,1H3. The molecule has 0 spiro atoms. The highest BCUT2D eigenvalue weighted by Crippen LogP contribution is 2.30. The molecule has 0 aliphatic carbocycles. The summed E-state index contributed by atoms with van der Waals surface area (Å²) in [7, 11) is 0. The van der Waals surface area contributed by atoms with Crippen LogP contribution in [0.2, 0.25) is 0 Å². The molecule has 96 valence electrons. The van der Waals surface area contributed by atoms with E-state index in [0.29, 0.717) is 12.4 Å². The molecule has 3 nitrogen and oxygen atoms in total. The molecule has 1 N–H and O–H groups in total. The fourth-order valence-corrected chi connectivity index (χ4v) is 2.14. The van der Waals surface area contributed by atoms with Crippen LogP contribution in [0.5, 0.6) is 5.75 Å². The average Bonchev–Trinajstić information content (AvgIpc) is 2.90. The summed E-state index contributed by atoms with van der Waals surface area (Å²) in [6.07, 6.45) is 1.76. The van der Waals surface area contributed by atoms with Crippen molar-refractivity contribution in [1.82, 2.24) is 0 Å². The van der Waals surface area contributed by atoms with Crippen molar-refractivity contribution in [3.05, 3.63) is 52.4 Å². The largest absolute Gasteiger partial charge is 0.492 e. The maximum absolute atomic E-state index is 10.1. The molecule has 1 aromatic heterocycles. The Bertz CT molecular complexity index is 494. The summed E-state index contributed by atoms with van der Waals surface area (Å²) in [6, 6.07) is 9.04. The molecule has 0 aliphatic heterocycles. The number of aliphatic hydroxyl groups is 1. The van der Waals surface area contributed by atoms with Gasteiger partial charge >= 0.3 is 0 Å². The molecule has 2 aromatic rings. The summed E-state index contributed by atoms with van der Waals surface area (Å²) >= 11 is 3.44. The molecule has 1 atom stereocenters. The fraction of sp³-hybridized carbons (Fsp3) is 0.286. The summed E-state index contributed by atoms with van der Waals surface area (Å²) < 4.78 is 11.6. The van der Waals surface area contributed by atoms with Crippen molar-refractivity contribution >= 4 is 15.9 Å². The lowest BCUT2D eigenvalue weighted by Gasteiger charge is -2.11. The number of hydrogen-bond acceptors (Lipinski definition) is 3. The normalized spacial score (nSPS) is 12.4. The van der Waals surface area contributed by atoms with Crippen molar-refractivity contribution in [2.24, 2.45) is 0 Å².